The lowest BCUT2D eigenvalue weighted by Gasteiger charge is -2.45. The second kappa shape index (κ2) is 6.84. The molecule has 24 heavy (non-hydrogen) atoms. The number of hydrogen-bond acceptors (Lipinski definition) is 4. The predicted molar refractivity (Wildman–Crippen MR) is 94.9 cm³/mol. The maximum Gasteiger partial charge on any atom is 0.223 e. The zero-order valence-corrected chi connectivity index (χ0v) is 15.5. The highest BCUT2D eigenvalue weighted by atomic mass is 16.1. The van der Waals surface area contributed by atoms with E-state index in [0.717, 1.165) is 52.0 Å². The van der Waals surface area contributed by atoms with Gasteiger partial charge in [0.05, 0.1) is 6.20 Å². The molecule has 0 bridgehead atoms. The van der Waals surface area contributed by atoms with E-state index in [1.54, 1.807) is 0 Å². The highest BCUT2D eigenvalue weighted by molar-refractivity contribution is 5.79. The van der Waals surface area contributed by atoms with Crippen LogP contribution in [0.15, 0.2) is 6.20 Å². The Balaban J connectivity index is 1.44. The van der Waals surface area contributed by atoms with Gasteiger partial charge in [-0.15, -0.1) is 0 Å². The van der Waals surface area contributed by atoms with Crippen LogP contribution in [0.2, 0.25) is 0 Å². The molecule has 6 nitrogen and oxygen atoms in total. The quantitative estimate of drug-likeness (QED) is 0.880. The van der Waals surface area contributed by atoms with Gasteiger partial charge in [-0.1, -0.05) is 0 Å². The average Bonchev–Trinajstić information content (AvgIpc) is 2.91. The molecule has 1 unspecified atom stereocenters. The lowest BCUT2D eigenvalue weighted by molar-refractivity contribution is -0.125. The van der Waals surface area contributed by atoms with E-state index in [2.05, 4.69) is 41.1 Å². The first-order valence-electron chi connectivity index (χ1n) is 9.08. The molecule has 2 aliphatic rings. The zero-order chi connectivity index (χ0) is 17.3. The van der Waals surface area contributed by atoms with Crippen molar-refractivity contribution in [2.75, 3.05) is 39.8 Å². The minimum Gasteiger partial charge on any atom is -0.355 e. The highest BCUT2D eigenvalue weighted by Crippen LogP contribution is 2.25. The summed E-state index contributed by atoms with van der Waals surface area (Å²) in [5.41, 5.74) is 2.74. The van der Waals surface area contributed by atoms with Gasteiger partial charge >= 0.3 is 0 Å². The van der Waals surface area contributed by atoms with Crippen molar-refractivity contribution in [1.29, 1.82) is 0 Å². The van der Waals surface area contributed by atoms with Gasteiger partial charge in [-0.2, -0.15) is 5.10 Å². The number of piperazine rings is 1. The van der Waals surface area contributed by atoms with Crippen molar-refractivity contribution in [1.82, 2.24) is 24.9 Å². The van der Waals surface area contributed by atoms with Crippen LogP contribution in [0.1, 0.15) is 31.5 Å². The van der Waals surface area contributed by atoms with Crippen molar-refractivity contribution in [2.24, 2.45) is 13.0 Å². The van der Waals surface area contributed by atoms with Gasteiger partial charge in [-0.25, -0.2) is 0 Å². The van der Waals surface area contributed by atoms with Crippen molar-refractivity contribution < 1.29 is 4.79 Å². The molecular weight excluding hydrogens is 302 g/mol. The maximum absolute atomic E-state index is 12.5. The summed E-state index contributed by atoms with van der Waals surface area (Å²) in [6.45, 7) is 9.47. The van der Waals surface area contributed by atoms with Gasteiger partial charge in [-0.3, -0.25) is 19.3 Å². The summed E-state index contributed by atoms with van der Waals surface area (Å²) in [5.74, 6) is 0.298. The van der Waals surface area contributed by atoms with Gasteiger partial charge in [0.2, 0.25) is 5.91 Å². The Labute approximate surface area is 145 Å². The van der Waals surface area contributed by atoms with E-state index in [-0.39, 0.29) is 17.4 Å². The Morgan fingerprint density at radius 1 is 1.38 bits per heavy atom. The summed E-state index contributed by atoms with van der Waals surface area (Å²) in [4.78, 5) is 17.4. The van der Waals surface area contributed by atoms with Crippen molar-refractivity contribution >= 4 is 5.91 Å². The summed E-state index contributed by atoms with van der Waals surface area (Å²) in [6, 6.07) is 0. The number of carbonyl (C=O) groups excluding carboxylic acids is 1. The number of amides is 1. The van der Waals surface area contributed by atoms with E-state index in [9.17, 15) is 4.79 Å². The Morgan fingerprint density at radius 3 is 2.92 bits per heavy atom. The van der Waals surface area contributed by atoms with Crippen LogP contribution in [0.25, 0.3) is 0 Å². The molecule has 1 aliphatic carbocycles. The van der Waals surface area contributed by atoms with Gasteiger partial charge in [0, 0.05) is 63.3 Å². The van der Waals surface area contributed by atoms with Crippen LogP contribution in [-0.4, -0.2) is 70.8 Å². The molecule has 0 saturated carbocycles. The van der Waals surface area contributed by atoms with Crippen molar-refractivity contribution in [3.05, 3.63) is 17.5 Å². The summed E-state index contributed by atoms with van der Waals surface area (Å²) in [7, 11) is 4.16. The number of carbonyl (C=O) groups is 1. The number of hydrogen-bond donors (Lipinski definition) is 1. The minimum absolute atomic E-state index is 0.0943. The van der Waals surface area contributed by atoms with E-state index in [4.69, 9.17) is 0 Å². The molecule has 0 radical (unpaired) electrons. The van der Waals surface area contributed by atoms with Gasteiger partial charge in [0.1, 0.15) is 0 Å². The van der Waals surface area contributed by atoms with Crippen LogP contribution >= 0.6 is 0 Å². The van der Waals surface area contributed by atoms with Crippen LogP contribution < -0.4 is 5.32 Å². The lowest BCUT2D eigenvalue weighted by atomic mass is 9.87. The van der Waals surface area contributed by atoms with Crippen LogP contribution in [0.3, 0.4) is 0 Å². The molecule has 1 N–H and O–H groups in total. The summed E-state index contributed by atoms with van der Waals surface area (Å²) >= 11 is 0. The Kier molecular flexibility index (Phi) is 4.97. The molecular formula is C18H31N5O. The van der Waals surface area contributed by atoms with Gasteiger partial charge < -0.3 is 5.32 Å². The number of nitrogens with one attached hydrogen (secondary N) is 1. The van der Waals surface area contributed by atoms with Crippen molar-refractivity contribution in [3.8, 4) is 0 Å². The normalized spacial score (nSPS) is 24.6. The van der Waals surface area contributed by atoms with E-state index < -0.39 is 0 Å². The van der Waals surface area contributed by atoms with Crippen LogP contribution in [0, 0.1) is 5.92 Å². The molecule has 134 valence electrons. The average molecular weight is 333 g/mol. The van der Waals surface area contributed by atoms with E-state index in [1.165, 1.54) is 11.3 Å². The molecule has 0 spiro atoms. The fraction of sp³-hybridized carbons (Fsp3) is 0.778. The number of nitrogens with zero attached hydrogens (tertiary/aromatic N) is 4. The topological polar surface area (TPSA) is 53.4 Å². The third-order valence-electron chi connectivity index (χ3n) is 5.84. The predicted octanol–water partition coefficient (Wildman–Crippen LogP) is 0.667. The Hall–Kier alpha value is -1.40. The molecule has 1 amide bonds. The monoisotopic (exact) mass is 333 g/mol. The number of aryl methyl sites for hydroxylation is 2. The van der Waals surface area contributed by atoms with E-state index in [0.29, 0.717) is 0 Å². The standard InChI is InChI=1S/C18H31N5O/c1-18(2)13-23(10-9-21(18)3)8-7-19-17(24)14-5-6-15-12-20-22(4)16(15)11-14/h12,14H,5-11,13H2,1-4H3,(H,19,24). The SMILES string of the molecule is CN1CCN(CCNC(=O)C2CCc3cnn(C)c3C2)CC1(C)C. The summed E-state index contributed by atoms with van der Waals surface area (Å²) in [6.07, 6.45) is 4.66. The minimum atomic E-state index is 0.0943. The van der Waals surface area contributed by atoms with E-state index in [1.807, 2.05) is 17.9 Å². The largest absolute Gasteiger partial charge is 0.355 e. The highest BCUT2D eigenvalue weighted by Gasteiger charge is 2.31. The fourth-order valence-corrected chi connectivity index (χ4v) is 3.88. The molecule has 6 heteroatoms. The Bertz CT molecular complexity index is 594. The van der Waals surface area contributed by atoms with Gasteiger partial charge in [0.25, 0.3) is 0 Å². The molecule has 1 fully saturated rings. The smallest absolute Gasteiger partial charge is 0.223 e. The summed E-state index contributed by atoms with van der Waals surface area (Å²) < 4.78 is 1.92. The first-order chi connectivity index (χ1) is 11.4. The lowest BCUT2D eigenvalue weighted by Crippen LogP contribution is -2.58. The van der Waals surface area contributed by atoms with E-state index >= 15 is 0 Å². The number of fused-ring (bicyclic) bond motifs is 1. The number of rotatable bonds is 4. The molecule has 1 atom stereocenters. The maximum atomic E-state index is 12.5. The molecule has 3 rings (SSSR count). The van der Waals surface area contributed by atoms with Gasteiger partial charge in [0.15, 0.2) is 0 Å². The number of aromatic nitrogens is 2. The third-order valence-corrected chi connectivity index (χ3v) is 5.84. The zero-order valence-electron chi connectivity index (χ0n) is 15.5. The number of likely N-dealkylation sites (N-methyl/N-ethyl adjacent to an activating group) is 1. The molecule has 0 aromatic carbocycles. The van der Waals surface area contributed by atoms with Crippen molar-refractivity contribution in [2.45, 2.75) is 38.6 Å². The third kappa shape index (κ3) is 3.64. The van der Waals surface area contributed by atoms with Crippen LogP contribution in [-0.2, 0) is 24.7 Å². The fourth-order valence-electron chi connectivity index (χ4n) is 3.88. The Morgan fingerprint density at radius 2 is 2.17 bits per heavy atom. The van der Waals surface area contributed by atoms with Crippen molar-refractivity contribution in [3.63, 3.8) is 0 Å². The first-order valence-corrected chi connectivity index (χ1v) is 9.08. The van der Waals surface area contributed by atoms with Crippen LogP contribution in [0.4, 0.5) is 0 Å². The molecule has 2 heterocycles. The molecule has 1 aromatic rings. The molecule has 1 aliphatic heterocycles. The first kappa shape index (κ1) is 17.4. The second-order valence-corrected chi connectivity index (χ2v) is 7.98. The van der Waals surface area contributed by atoms with Crippen LogP contribution in [0.5, 0.6) is 0 Å². The molecule has 1 saturated heterocycles. The second-order valence-electron chi connectivity index (χ2n) is 7.98. The summed E-state index contributed by atoms with van der Waals surface area (Å²) in [5, 5.41) is 7.47. The van der Waals surface area contributed by atoms with Gasteiger partial charge in [-0.05, 0) is 39.3 Å². The molecule has 1 aromatic heterocycles.